The number of methoxy groups -OCH3 is 1. The lowest BCUT2D eigenvalue weighted by molar-refractivity contribution is -0.212. The fourth-order valence-corrected chi connectivity index (χ4v) is 2.60. The number of aliphatic carboxylic acids is 1. The van der Waals surface area contributed by atoms with E-state index in [0.29, 0.717) is 6.21 Å². The molecule has 0 radical (unpaired) electrons. The fraction of sp³-hybridized carbons (Fsp3) is 0.636. The number of nitrogens with one attached hydrogen (secondary N) is 1. The van der Waals surface area contributed by atoms with Crippen LogP contribution in [0.25, 0.3) is 0 Å². The van der Waals surface area contributed by atoms with Crippen LogP contribution in [0.2, 0.25) is 0 Å². The Morgan fingerprint density at radius 3 is 2.55 bits per heavy atom. The highest BCUT2D eigenvalue weighted by Crippen LogP contribution is 2.42. The van der Waals surface area contributed by atoms with Crippen molar-refractivity contribution < 1.29 is 44.3 Å². The first-order chi connectivity index (χ1) is 10.3. The second-order valence-corrected chi connectivity index (χ2v) is 4.77. The summed E-state index contributed by atoms with van der Waals surface area (Å²) in [6.07, 6.45) is -4.81. The number of carbonyl (C=O) groups excluding carboxylic acids is 2. The van der Waals surface area contributed by atoms with Crippen molar-refractivity contribution in [2.75, 3.05) is 13.7 Å². The van der Waals surface area contributed by atoms with E-state index < -0.39 is 54.0 Å². The van der Waals surface area contributed by atoms with Gasteiger partial charge in [0.2, 0.25) is 11.2 Å². The molecule has 0 spiro atoms. The molecule has 0 aromatic carbocycles. The van der Waals surface area contributed by atoms with Gasteiger partial charge in [-0.05, 0) is 0 Å². The molecule has 1 saturated heterocycles. The molecule has 0 aromatic heterocycles. The van der Waals surface area contributed by atoms with Crippen LogP contribution in [0.3, 0.4) is 0 Å². The second-order valence-electron chi connectivity index (χ2n) is 4.77. The van der Waals surface area contributed by atoms with Gasteiger partial charge in [-0.1, -0.05) is 0 Å². The molecule has 0 aromatic rings. The van der Waals surface area contributed by atoms with Crippen LogP contribution in [0.5, 0.6) is 0 Å². The highest BCUT2D eigenvalue weighted by atomic mass is 16.6. The van der Waals surface area contributed by atoms with Crippen molar-refractivity contribution in [1.82, 2.24) is 5.32 Å². The van der Waals surface area contributed by atoms with E-state index in [4.69, 9.17) is 14.6 Å². The molecule has 0 bridgehead atoms. The van der Waals surface area contributed by atoms with Gasteiger partial charge in [-0.3, -0.25) is 10.1 Å². The molecule has 5 atom stereocenters. The minimum absolute atomic E-state index is 0.595. The Kier molecular flexibility index (Phi) is 4.02. The number of carbonyl (C=O) groups is 3. The zero-order valence-corrected chi connectivity index (χ0v) is 11.3. The third-order valence-electron chi connectivity index (χ3n) is 3.75. The maximum atomic E-state index is 12.2. The summed E-state index contributed by atoms with van der Waals surface area (Å²) in [5.74, 6) is -3.07. The van der Waals surface area contributed by atoms with E-state index in [-0.39, 0.29) is 0 Å². The third kappa shape index (κ3) is 1.87. The van der Waals surface area contributed by atoms with Crippen LogP contribution in [-0.4, -0.2) is 87.8 Å². The molecule has 2 aliphatic heterocycles. The van der Waals surface area contributed by atoms with Crippen LogP contribution >= 0.6 is 0 Å². The Labute approximate surface area is 123 Å². The smallest absolute Gasteiger partial charge is 0.347 e. The van der Waals surface area contributed by atoms with E-state index in [0.717, 1.165) is 7.11 Å². The molecule has 1 unspecified atom stereocenters. The number of hydrogen-bond acceptors (Lipinski definition) is 8. The summed E-state index contributed by atoms with van der Waals surface area (Å²) in [4.78, 5) is 38.3. The van der Waals surface area contributed by atoms with Gasteiger partial charge >= 0.3 is 12.0 Å². The predicted molar refractivity (Wildman–Crippen MR) is 66.1 cm³/mol. The molecule has 11 heteroatoms. The molecule has 0 saturated carbocycles. The van der Waals surface area contributed by atoms with Gasteiger partial charge in [0.15, 0.2) is 0 Å². The molecular formula is C11H14N2O9. The molecule has 2 heterocycles. The number of rotatable bonds is 4. The van der Waals surface area contributed by atoms with E-state index in [1.807, 2.05) is 0 Å². The first-order valence-electron chi connectivity index (χ1n) is 6.10. The van der Waals surface area contributed by atoms with Gasteiger partial charge in [-0.25, -0.2) is 14.6 Å². The van der Waals surface area contributed by atoms with Gasteiger partial charge in [-0.2, -0.15) is 0 Å². The zero-order chi connectivity index (χ0) is 16.7. The van der Waals surface area contributed by atoms with Gasteiger partial charge in [0, 0.05) is 7.11 Å². The minimum atomic E-state index is -2.80. The summed E-state index contributed by atoms with van der Waals surface area (Å²) in [6.45, 7) is -0.815. The molecule has 2 aliphatic rings. The zero-order valence-electron chi connectivity index (χ0n) is 11.3. The number of imide groups is 1. The van der Waals surface area contributed by atoms with Crippen molar-refractivity contribution >= 4 is 24.1 Å². The van der Waals surface area contributed by atoms with Gasteiger partial charge in [0.25, 0.3) is 5.91 Å². The summed E-state index contributed by atoms with van der Waals surface area (Å²) < 4.78 is 10.0. The normalized spacial score (nSPS) is 41.5. The number of urea groups is 1. The van der Waals surface area contributed by atoms with Crippen LogP contribution in [-0.2, 0) is 19.1 Å². The van der Waals surface area contributed by atoms with Gasteiger partial charge < -0.3 is 29.9 Å². The average molecular weight is 318 g/mol. The summed E-state index contributed by atoms with van der Waals surface area (Å²) in [6, 6.07) is -1.05. The average Bonchev–Trinajstić information content (AvgIpc) is 2.74. The minimum Gasteiger partial charge on any atom is -0.479 e. The largest absolute Gasteiger partial charge is 0.479 e. The van der Waals surface area contributed by atoms with E-state index in [1.165, 1.54) is 0 Å². The van der Waals surface area contributed by atoms with Crippen LogP contribution < -0.4 is 5.32 Å². The van der Waals surface area contributed by atoms with Crippen molar-refractivity contribution in [3.8, 4) is 0 Å². The lowest BCUT2D eigenvalue weighted by atomic mass is 9.77. The van der Waals surface area contributed by atoms with Gasteiger partial charge in [0.05, 0.1) is 12.8 Å². The number of aliphatic imine (C=N–C) groups is 1. The highest BCUT2D eigenvalue weighted by Gasteiger charge is 2.74. The van der Waals surface area contributed by atoms with Crippen LogP contribution in [0, 0.1) is 0 Å². The molecule has 11 nitrogen and oxygen atoms in total. The number of carboxylic acid groups (broad SMARTS) is 1. The number of hydrogen-bond donors (Lipinski definition) is 5. The lowest BCUT2D eigenvalue weighted by Crippen LogP contribution is -2.74. The fourth-order valence-electron chi connectivity index (χ4n) is 2.60. The molecule has 22 heavy (non-hydrogen) atoms. The van der Waals surface area contributed by atoms with Crippen molar-refractivity contribution in [3.63, 3.8) is 0 Å². The third-order valence-corrected chi connectivity index (χ3v) is 3.75. The van der Waals surface area contributed by atoms with Gasteiger partial charge in [0.1, 0.15) is 18.3 Å². The second kappa shape index (κ2) is 5.37. The molecule has 0 aliphatic carbocycles. The predicted octanol–water partition coefficient (Wildman–Crippen LogP) is -3.37. The Balaban J connectivity index is 2.65. The quantitative estimate of drug-likeness (QED) is 0.354. The molecule has 2 rings (SSSR count). The Morgan fingerprint density at radius 2 is 2.14 bits per heavy atom. The van der Waals surface area contributed by atoms with E-state index in [1.54, 1.807) is 5.32 Å². The monoisotopic (exact) mass is 318 g/mol. The highest BCUT2D eigenvalue weighted by molar-refractivity contribution is 6.18. The Morgan fingerprint density at radius 1 is 1.50 bits per heavy atom. The number of aliphatic hydroxyl groups excluding tert-OH is 3. The molecule has 5 N–H and O–H groups in total. The van der Waals surface area contributed by atoms with Crippen LogP contribution in [0.15, 0.2) is 4.99 Å². The van der Waals surface area contributed by atoms with Crippen LogP contribution in [0.1, 0.15) is 0 Å². The number of aliphatic hydroxyl groups is 3. The topological polar surface area (TPSA) is 175 Å². The molecule has 122 valence electrons. The van der Waals surface area contributed by atoms with E-state index in [2.05, 4.69) is 4.99 Å². The summed E-state index contributed by atoms with van der Waals surface area (Å²) in [7, 11) is 0.945. The number of ether oxygens (including phenoxy) is 2. The summed E-state index contributed by atoms with van der Waals surface area (Å²) in [5.41, 5.74) is -5.32. The van der Waals surface area contributed by atoms with Crippen molar-refractivity contribution in [2.24, 2.45) is 4.99 Å². The standard InChI is InChI=1S/C11H14N2O9/c1-21-10(3-12-9(20)13-7(10)17)11(8(18)19)6(16)5(15)4(2-14)22-11/h3-6,14-16H,2H2,1H3,(H,18,19)(H,13,17,20)/t4-,5-,6-,10?,11+/m1/s1. The maximum absolute atomic E-state index is 12.2. The summed E-state index contributed by atoms with van der Waals surface area (Å²) >= 11 is 0. The van der Waals surface area contributed by atoms with E-state index >= 15 is 0 Å². The first-order valence-corrected chi connectivity index (χ1v) is 6.10. The number of nitrogens with zero attached hydrogens (tertiary/aromatic N) is 1. The Hall–Kier alpha value is -1.92. The molecule has 3 amide bonds. The number of carboxylic acids is 1. The lowest BCUT2D eigenvalue weighted by Gasteiger charge is -2.42. The molecular weight excluding hydrogens is 304 g/mol. The maximum Gasteiger partial charge on any atom is 0.347 e. The Bertz CT molecular complexity index is 550. The van der Waals surface area contributed by atoms with E-state index in [9.17, 15) is 29.7 Å². The van der Waals surface area contributed by atoms with Crippen molar-refractivity contribution in [3.05, 3.63) is 0 Å². The first kappa shape index (κ1) is 16.5. The number of amides is 3. The van der Waals surface area contributed by atoms with Gasteiger partial charge in [-0.15, -0.1) is 0 Å². The van der Waals surface area contributed by atoms with Crippen LogP contribution in [0.4, 0.5) is 4.79 Å². The van der Waals surface area contributed by atoms with Crippen molar-refractivity contribution in [1.29, 1.82) is 0 Å². The van der Waals surface area contributed by atoms with Crippen molar-refractivity contribution in [2.45, 2.75) is 29.5 Å². The summed E-state index contributed by atoms with van der Waals surface area (Å²) in [5, 5.41) is 40.3. The SMILES string of the molecule is COC1([C@]2(C(=O)O)O[C@H](CO)[C@@H](O)[C@H]2O)C=NC(=O)NC1=O. The molecule has 1 fully saturated rings.